The van der Waals surface area contributed by atoms with Crippen LogP contribution < -0.4 is 16.4 Å². The van der Waals surface area contributed by atoms with E-state index in [9.17, 15) is 4.79 Å². The van der Waals surface area contributed by atoms with E-state index in [-0.39, 0.29) is 23.3 Å². The number of allylic oxidation sites excluding steroid dienone is 1. The molecular weight excluding hydrogens is 408 g/mol. The number of halogens is 1. The smallest absolute Gasteiger partial charge is 0.227 e. The lowest BCUT2D eigenvalue weighted by Crippen LogP contribution is -2.43. The van der Waals surface area contributed by atoms with Gasteiger partial charge in [0, 0.05) is 52.7 Å². The summed E-state index contributed by atoms with van der Waals surface area (Å²) in [4.78, 5) is 16.5. The number of carbonyl (C=O) groups is 1. The zero-order valence-electron chi connectivity index (χ0n) is 17.8. The van der Waals surface area contributed by atoms with Gasteiger partial charge in [-0.15, -0.1) is 0 Å². The molecular formula is C25H31ClN4O. The molecule has 4 rings (SSSR count). The number of nitrogens with one attached hydrogen (secondary N) is 2. The summed E-state index contributed by atoms with van der Waals surface area (Å²) in [5.74, 6) is 0.582. The van der Waals surface area contributed by atoms with Crippen LogP contribution in [0, 0.1) is 11.8 Å². The first-order chi connectivity index (χ1) is 15.0. The van der Waals surface area contributed by atoms with Crippen LogP contribution in [0.15, 0.2) is 61.1 Å². The predicted molar refractivity (Wildman–Crippen MR) is 126 cm³/mol. The van der Waals surface area contributed by atoms with Gasteiger partial charge in [0.2, 0.25) is 5.91 Å². The Kier molecular flexibility index (Phi) is 6.63. The van der Waals surface area contributed by atoms with Crippen LogP contribution in [0.2, 0.25) is 5.02 Å². The summed E-state index contributed by atoms with van der Waals surface area (Å²) in [5.41, 5.74) is 9.68. The molecule has 4 N–H and O–H groups in total. The molecule has 0 saturated heterocycles. The van der Waals surface area contributed by atoms with Gasteiger partial charge in [-0.3, -0.25) is 9.78 Å². The molecule has 1 unspecified atom stereocenters. The van der Waals surface area contributed by atoms with Crippen molar-refractivity contribution in [3.63, 3.8) is 0 Å². The third-order valence-electron chi connectivity index (χ3n) is 6.97. The number of aromatic nitrogens is 1. The number of hydrogen-bond donors (Lipinski definition) is 3. The van der Waals surface area contributed by atoms with Gasteiger partial charge in [0.05, 0.1) is 0 Å². The maximum Gasteiger partial charge on any atom is 0.227 e. The van der Waals surface area contributed by atoms with Crippen LogP contribution in [0.5, 0.6) is 0 Å². The lowest BCUT2D eigenvalue weighted by molar-refractivity contribution is -0.121. The molecule has 1 amide bonds. The Balaban J connectivity index is 1.23. The third kappa shape index (κ3) is 5.10. The standard InChI is InChI=1S/C25H31ClN4O/c1-17(25(12-13-25)20-6-8-21(26)9-7-20)29-16-23(27)18-2-4-19(5-3-18)24(31)30-22-10-14-28-15-11-22/h6-11,14-15,18-19,23,29H,1-5,12-13,16,27H2,(H,28,30,31). The van der Waals surface area contributed by atoms with Crippen LogP contribution >= 0.6 is 11.6 Å². The van der Waals surface area contributed by atoms with Gasteiger partial charge >= 0.3 is 0 Å². The number of anilines is 1. The van der Waals surface area contributed by atoms with Crippen molar-refractivity contribution in [2.45, 2.75) is 50.0 Å². The Hall–Kier alpha value is -2.37. The molecule has 1 heterocycles. The lowest BCUT2D eigenvalue weighted by Gasteiger charge is -2.32. The molecule has 164 valence electrons. The topological polar surface area (TPSA) is 80.0 Å². The summed E-state index contributed by atoms with van der Waals surface area (Å²) in [6, 6.07) is 11.8. The molecule has 2 aliphatic carbocycles. The summed E-state index contributed by atoms with van der Waals surface area (Å²) in [5, 5.41) is 7.28. The van der Waals surface area contributed by atoms with Gasteiger partial charge in [-0.1, -0.05) is 30.3 Å². The maximum absolute atomic E-state index is 12.5. The zero-order valence-corrected chi connectivity index (χ0v) is 18.6. The van der Waals surface area contributed by atoms with Crippen LogP contribution in [-0.2, 0) is 10.2 Å². The monoisotopic (exact) mass is 438 g/mol. The zero-order chi connectivity index (χ0) is 21.8. The van der Waals surface area contributed by atoms with Crippen LogP contribution in [-0.4, -0.2) is 23.5 Å². The predicted octanol–water partition coefficient (Wildman–Crippen LogP) is 4.64. The maximum atomic E-state index is 12.5. The van der Waals surface area contributed by atoms with Crippen molar-refractivity contribution in [1.82, 2.24) is 10.3 Å². The number of pyridine rings is 1. The Morgan fingerprint density at radius 1 is 1.13 bits per heavy atom. The van der Waals surface area contributed by atoms with Crippen molar-refractivity contribution < 1.29 is 4.79 Å². The van der Waals surface area contributed by atoms with E-state index >= 15 is 0 Å². The van der Waals surface area contributed by atoms with Crippen LogP contribution in [0.25, 0.3) is 0 Å². The molecule has 1 aromatic heterocycles. The second kappa shape index (κ2) is 9.41. The van der Waals surface area contributed by atoms with Gasteiger partial charge in [-0.05, 0) is 74.3 Å². The summed E-state index contributed by atoms with van der Waals surface area (Å²) >= 11 is 6.04. The lowest BCUT2D eigenvalue weighted by atomic mass is 9.78. The molecule has 0 aliphatic heterocycles. The quantitative estimate of drug-likeness (QED) is 0.560. The van der Waals surface area contributed by atoms with E-state index in [2.05, 4.69) is 34.3 Å². The number of nitrogens with two attached hydrogens (primary N) is 1. The highest BCUT2D eigenvalue weighted by molar-refractivity contribution is 6.30. The number of benzene rings is 1. The van der Waals surface area contributed by atoms with Crippen molar-refractivity contribution in [2.24, 2.45) is 17.6 Å². The highest BCUT2D eigenvalue weighted by Gasteiger charge is 2.47. The van der Waals surface area contributed by atoms with Crippen molar-refractivity contribution in [3.8, 4) is 0 Å². The Labute approximate surface area is 189 Å². The summed E-state index contributed by atoms with van der Waals surface area (Å²) in [7, 11) is 0. The number of carbonyl (C=O) groups excluding carboxylic acids is 1. The molecule has 0 bridgehead atoms. The number of nitrogens with zero attached hydrogens (tertiary/aromatic N) is 1. The Morgan fingerprint density at radius 2 is 1.77 bits per heavy atom. The average molecular weight is 439 g/mol. The molecule has 5 nitrogen and oxygen atoms in total. The van der Waals surface area contributed by atoms with E-state index in [1.807, 2.05) is 24.3 Å². The fraction of sp³-hybridized carbons (Fsp3) is 0.440. The van der Waals surface area contributed by atoms with Crippen LogP contribution in [0.4, 0.5) is 5.69 Å². The average Bonchev–Trinajstić information content (AvgIpc) is 3.60. The molecule has 2 fully saturated rings. The van der Waals surface area contributed by atoms with Gasteiger partial charge in [0.15, 0.2) is 0 Å². The van der Waals surface area contributed by atoms with Crippen molar-refractivity contribution in [2.75, 3.05) is 11.9 Å². The van der Waals surface area contributed by atoms with Gasteiger partial charge in [0.25, 0.3) is 0 Å². The summed E-state index contributed by atoms with van der Waals surface area (Å²) in [6.45, 7) is 5.04. The Bertz CT molecular complexity index is 903. The second-order valence-corrected chi connectivity index (χ2v) is 9.39. The minimum atomic E-state index is 0.0208. The third-order valence-corrected chi connectivity index (χ3v) is 7.22. The van der Waals surface area contributed by atoms with Crippen molar-refractivity contribution in [3.05, 3.63) is 71.7 Å². The van der Waals surface area contributed by atoms with Crippen LogP contribution in [0.1, 0.15) is 44.1 Å². The SMILES string of the molecule is C=C(NCC(N)C1CCC(C(=O)Nc2ccncc2)CC1)C1(c2ccc(Cl)cc2)CC1. The molecule has 1 aromatic carbocycles. The first kappa shape index (κ1) is 21.8. The van der Waals surface area contributed by atoms with Gasteiger partial charge in [-0.25, -0.2) is 0 Å². The highest BCUT2D eigenvalue weighted by Crippen LogP contribution is 2.52. The minimum Gasteiger partial charge on any atom is -0.387 e. The molecule has 0 radical (unpaired) electrons. The number of rotatable bonds is 8. The van der Waals surface area contributed by atoms with Crippen molar-refractivity contribution in [1.29, 1.82) is 0 Å². The molecule has 1 atom stereocenters. The molecule has 2 saturated carbocycles. The fourth-order valence-electron chi connectivity index (χ4n) is 4.72. The fourth-order valence-corrected chi connectivity index (χ4v) is 4.85. The molecule has 31 heavy (non-hydrogen) atoms. The first-order valence-electron chi connectivity index (χ1n) is 11.1. The largest absolute Gasteiger partial charge is 0.387 e. The van der Waals surface area contributed by atoms with Crippen LogP contribution in [0.3, 0.4) is 0 Å². The molecule has 2 aliphatic rings. The molecule has 0 spiro atoms. The number of amides is 1. The van der Waals surface area contributed by atoms with E-state index < -0.39 is 0 Å². The summed E-state index contributed by atoms with van der Waals surface area (Å²) < 4.78 is 0. The molecule has 2 aromatic rings. The van der Waals surface area contributed by atoms with Gasteiger partial charge in [0.1, 0.15) is 0 Å². The molecule has 6 heteroatoms. The van der Waals surface area contributed by atoms with E-state index in [1.54, 1.807) is 12.4 Å². The van der Waals surface area contributed by atoms with E-state index in [0.717, 1.165) is 54.9 Å². The highest BCUT2D eigenvalue weighted by atomic mass is 35.5. The normalized spacial score (nSPS) is 22.9. The summed E-state index contributed by atoms with van der Waals surface area (Å²) in [6.07, 6.45) is 9.30. The first-order valence-corrected chi connectivity index (χ1v) is 11.5. The van der Waals surface area contributed by atoms with Gasteiger partial charge < -0.3 is 16.4 Å². The second-order valence-electron chi connectivity index (χ2n) is 8.95. The number of hydrogen-bond acceptors (Lipinski definition) is 4. The minimum absolute atomic E-state index is 0.0208. The Morgan fingerprint density at radius 3 is 2.39 bits per heavy atom. The van der Waals surface area contributed by atoms with E-state index in [4.69, 9.17) is 17.3 Å². The van der Waals surface area contributed by atoms with Gasteiger partial charge in [-0.2, -0.15) is 0 Å². The van der Waals surface area contributed by atoms with E-state index in [0.29, 0.717) is 12.5 Å². The van der Waals surface area contributed by atoms with E-state index in [1.165, 1.54) is 5.56 Å². The van der Waals surface area contributed by atoms with Crippen molar-refractivity contribution >= 4 is 23.2 Å².